The maximum absolute atomic E-state index is 9.63. The Morgan fingerprint density at radius 2 is 1.86 bits per heavy atom. The van der Waals surface area contributed by atoms with Gasteiger partial charge in [0.05, 0.1) is 6.17 Å². The van der Waals surface area contributed by atoms with Gasteiger partial charge in [0, 0.05) is 23.5 Å². The molecule has 0 aliphatic heterocycles. The molecular formula is C24H28N4O. The third-order valence-electron chi connectivity index (χ3n) is 5.17. The summed E-state index contributed by atoms with van der Waals surface area (Å²) in [5, 5.41) is 12.7. The van der Waals surface area contributed by atoms with E-state index in [9.17, 15) is 5.11 Å². The smallest absolute Gasteiger partial charge is 0.131 e. The predicted molar refractivity (Wildman–Crippen MR) is 121 cm³/mol. The normalized spacial score (nSPS) is 12.4. The second-order valence-electron chi connectivity index (χ2n) is 7.13. The van der Waals surface area contributed by atoms with Crippen molar-refractivity contribution in [2.24, 2.45) is 4.99 Å². The Bertz CT molecular complexity index is 1030. The Morgan fingerprint density at radius 3 is 2.52 bits per heavy atom. The fraction of sp³-hybridized carbons (Fsp3) is 0.250. The van der Waals surface area contributed by atoms with Crippen LogP contribution >= 0.6 is 0 Å². The average molecular weight is 389 g/mol. The molecule has 0 aliphatic rings. The van der Waals surface area contributed by atoms with Crippen LogP contribution in [-0.2, 0) is 6.42 Å². The predicted octanol–water partition coefficient (Wildman–Crippen LogP) is 4.56. The second-order valence-corrected chi connectivity index (χ2v) is 7.13. The summed E-state index contributed by atoms with van der Waals surface area (Å²) in [5.74, 6) is 0.723. The standard InChI is InChI=1S/C24H28N4O/c1-5-21-22(14-28-24(25)23(21)17-8-10-20(29)11-9-17)18-7-6-15(2)19(12-18)13-27-16(3)26-4/h6-14,16,26,29H,5H2,1-4H3,(H2,25,28)/t16-/m0/s1. The van der Waals surface area contributed by atoms with Crippen LogP contribution in [0, 0.1) is 6.92 Å². The van der Waals surface area contributed by atoms with Gasteiger partial charge < -0.3 is 10.8 Å². The zero-order valence-corrected chi connectivity index (χ0v) is 17.4. The summed E-state index contributed by atoms with van der Waals surface area (Å²) in [6.07, 6.45) is 4.63. The molecule has 0 aliphatic carbocycles. The number of anilines is 1. The van der Waals surface area contributed by atoms with E-state index in [1.165, 1.54) is 5.56 Å². The Kier molecular flexibility index (Phi) is 6.29. The van der Waals surface area contributed by atoms with Crippen molar-refractivity contribution >= 4 is 12.0 Å². The quantitative estimate of drug-likeness (QED) is 0.541. The maximum atomic E-state index is 9.63. The molecular weight excluding hydrogens is 360 g/mol. The van der Waals surface area contributed by atoms with E-state index < -0.39 is 0 Å². The van der Waals surface area contributed by atoms with Gasteiger partial charge in [0.25, 0.3) is 0 Å². The lowest BCUT2D eigenvalue weighted by Gasteiger charge is -2.17. The number of nitrogen functional groups attached to an aromatic ring is 1. The number of nitrogens with one attached hydrogen (secondary N) is 1. The highest BCUT2D eigenvalue weighted by Crippen LogP contribution is 2.36. The first-order valence-electron chi connectivity index (χ1n) is 9.82. The Labute approximate surface area is 172 Å². The van der Waals surface area contributed by atoms with Gasteiger partial charge >= 0.3 is 0 Å². The molecule has 0 fully saturated rings. The lowest BCUT2D eigenvalue weighted by atomic mass is 9.91. The van der Waals surface area contributed by atoms with E-state index in [2.05, 4.69) is 47.3 Å². The molecule has 0 radical (unpaired) electrons. The Hall–Kier alpha value is -3.18. The first kappa shape index (κ1) is 20.6. The van der Waals surface area contributed by atoms with Gasteiger partial charge in [-0.3, -0.25) is 10.3 Å². The van der Waals surface area contributed by atoms with Crippen LogP contribution in [0.2, 0.25) is 0 Å². The van der Waals surface area contributed by atoms with Crippen LogP contribution in [-0.4, -0.2) is 29.5 Å². The topological polar surface area (TPSA) is 83.5 Å². The molecule has 3 rings (SSSR count). The number of pyridine rings is 1. The number of aryl methyl sites for hydroxylation is 1. The summed E-state index contributed by atoms with van der Waals surface area (Å²) < 4.78 is 0. The van der Waals surface area contributed by atoms with Crippen molar-refractivity contribution < 1.29 is 5.11 Å². The van der Waals surface area contributed by atoms with E-state index in [1.54, 1.807) is 12.1 Å². The van der Waals surface area contributed by atoms with Crippen molar-refractivity contribution in [3.63, 3.8) is 0 Å². The number of hydrogen-bond acceptors (Lipinski definition) is 5. The molecule has 5 heteroatoms. The van der Waals surface area contributed by atoms with E-state index in [4.69, 9.17) is 5.73 Å². The highest BCUT2D eigenvalue weighted by atomic mass is 16.3. The number of aromatic nitrogens is 1. The van der Waals surface area contributed by atoms with Crippen LogP contribution in [0.15, 0.2) is 53.7 Å². The molecule has 0 saturated carbocycles. The molecule has 0 bridgehead atoms. The molecule has 3 aromatic rings. The van der Waals surface area contributed by atoms with Crippen molar-refractivity contribution in [2.45, 2.75) is 33.4 Å². The van der Waals surface area contributed by atoms with Crippen LogP contribution in [0.5, 0.6) is 5.75 Å². The Morgan fingerprint density at radius 1 is 1.17 bits per heavy atom. The summed E-state index contributed by atoms with van der Waals surface area (Å²) in [4.78, 5) is 9.02. The van der Waals surface area contributed by atoms with Gasteiger partial charge in [-0.05, 0) is 73.3 Å². The summed E-state index contributed by atoms with van der Waals surface area (Å²) in [6.45, 7) is 6.21. The molecule has 1 heterocycles. The molecule has 2 aromatic carbocycles. The number of nitrogens with zero attached hydrogens (tertiary/aromatic N) is 2. The van der Waals surface area contributed by atoms with Crippen LogP contribution in [0.4, 0.5) is 5.82 Å². The highest BCUT2D eigenvalue weighted by molar-refractivity contribution is 5.88. The second kappa shape index (κ2) is 8.88. The summed E-state index contributed by atoms with van der Waals surface area (Å²) in [5.41, 5.74) is 13.7. The van der Waals surface area contributed by atoms with Gasteiger partial charge in [-0.15, -0.1) is 0 Å². The molecule has 0 unspecified atom stereocenters. The molecule has 4 N–H and O–H groups in total. The molecule has 5 nitrogen and oxygen atoms in total. The summed E-state index contributed by atoms with van der Waals surface area (Å²) in [6, 6.07) is 13.5. The van der Waals surface area contributed by atoms with E-state index >= 15 is 0 Å². The number of aliphatic imine (C=N–C) groups is 1. The average Bonchev–Trinajstić information content (AvgIpc) is 2.73. The zero-order valence-electron chi connectivity index (χ0n) is 17.4. The maximum Gasteiger partial charge on any atom is 0.131 e. The van der Waals surface area contributed by atoms with Crippen molar-refractivity contribution in [3.8, 4) is 28.0 Å². The third kappa shape index (κ3) is 4.46. The van der Waals surface area contributed by atoms with E-state index in [0.29, 0.717) is 5.82 Å². The van der Waals surface area contributed by atoms with Crippen molar-refractivity contribution in [1.29, 1.82) is 0 Å². The van der Waals surface area contributed by atoms with Gasteiger partial charge in [-0.1, -0.05) is 31.2 Å². The number of aromatic hydroxyl groups is 1. The van der Waals surface area contributed by atoms with Gasteiger partial charge in [0.15, 0.2) is 0 Å². The van der Waals surface area contributed by atoms with Gasteiger partial charge in [-0.2, -0.15) is 0 Å². The van der Waals surface area contributed by atoms with Crippen molar-refractivity contribution in [3.05, 3.63) is 65.4 Å². The van der Waals surface area contributed by atoms with Crippen molar-refractivity contribution in [1.82, 2.24) is 10.3 Å². The Balaban J connectivity index is 2.13. The molecule has 0 amide bonds. The van der Waals surface area contributed by atoms with Crippen molar-refractivity contribution in [2.75, 3.05) is 12.8 Å². The number of rotatable bonds is 6. The fourth-order valence-electron chi connectivity index (χ4n) is 3.35. The molecule has 0 spiro atoms. The number of phenols is 1. The van der Waals surface area contributed by atoms with Gasteiger partial charge in [-0.25, -0.2) is 4.98 Å². The fourth-order valence-corrected chi connectivity index (χ4v) is 3.35. The highest BCUT2D eigenvalue weighted by Gasteiger charge is 2.15. The summed E-state index contributed by atoms with van der Waals surface area (Å²) in [7, 11) is 1.89. The third-order valence-corrected chi connectivity index (χ3v) is 5.17. The minimum Gasteiger partial charge on any atom is -0.508 e. The largest absolute Gasteiger partial charge is 0.508 e. The van der Waals surface area contributed by atoms with Gasteiger partial charge in [0.1, 0.15) is 11.6 Å². The SMILES string of the molecule is CCc1c(-c2ccc(C)c(C=N[C@@H](C)NC)c2)cnc(N)c1-c1ccc(O)cc1. The van der Waals surface area contributed by atoms with Crippen LogP contribution in [0.25, 0.3) is 22.3 Å². The molecule has 150 valence electrons. The molecule has 1 aromatic heterocycles. The monoisotopic (exact) mass is 388 g/mol. The molecule has 29 heavy (non-hydrogen) atoms. The first-order chi connectivity index (χ1) is 13.9. The number of phenolic OH excluding ortho intramolecular Hbond substituents is 1. The number of hydrogen-bond donors (Lipinski definition) is 3. The lowest BCUT2D eigenvalue weighted by molar-refractivity contribution is 0.475. The lowest BCUT2D eigenvalue weighted by Crippen LogP contribution is -2.18. The summed E-state index contributed by atoms with van der Waals surface area (Å²) >= 11 is 0. The van der Waals surface area contributed by atoms with Crippen LogP contribution in [0.1, 0.15) is 30.5 Å². The zero-order chi connectivity index (χ0) is 21.0. The minimum atomic E-state index is 0.0588. The van der Waals surface area contributed by atoms with E-state index in [1.807, 2.05) is 38.5 Å². The first-order valence-corrected chi connectivity index (χ1v) is 9.82. The van der Waals surface area contributed by atoms with Gasteiger partial charge in [0.2, 0.25) is 0 Å². The minimum absolute atomic E-state index is 0.0588. The molecule has 0 saturated heterocycles. The number of nitrogens with two attached hydrogens (primary N) is 1. The number of benzene rings is 2. The van der Waals surface area contributed by atoms with Crippen LogP contribution in [0.3, 0.4) is 0 Å². The van der Waals surface area contributed by atoms with E-state index in [-0.39, 0.29) is 11.9 Å². The van der Waals surface area contributed by atoms with Crippen LogP contribution < -0.4 is 11.1 Å². The van der Waals surface area contributed by atoms with E-state index in [0.717, 1.165) is 39.8 Å². The molecule has 1 atom stereocenters.